The van der Waals surface area contributed by atoms with Crippen LogP contribution in [0.3, 0.4) is 0 Å². The van der Waals surface area contributed by atoms with Crippen molar-refractivity contribution in [3.8, 4) is 0 Å². The van der Waals surface area contributed by atoms with Crippen molar-refractivity contribution in [2.75, 3.05) is 0 Å². The standard InChI is InChI=1S/CHNS.Fe/c2-1-3;/h2H;. The van der Waals surface area contributed by atoms with Crippen LogP contribution in [0.25, 0.3) is 0 Å². The van der Waals surface area contributed by atoms with E-state index in [9.17, 15) is 0 Å². The molecule has 0 aromatic rings. The summed E-state index contributed by atoms with van der Waals surface area (Å²) < 4.78 is 0. The van der Waals surface area contributed by atoms with Gasteiger partial charge in [-0.25, -0.2) is 5.41 Å². The van der Waals surface area contributed by atoms with Gasteiger partial charge in [-0.1, -0.05) is 0 Å². The molecule has 0 rings (SSSR count). The van der Waals surface area contributed by atoms with Crippen LogP contribution in [0, 0.1) is 5.41 Å². The Balaban J connectivity index is 0. The summed E-state index contributed by atoms with van der Waals surface area (Å²) in [5.74, 6) is 0. The average molecular weight is 115 g/mol. The molecule has 0 amide bonds. The molecule has 0 atom stereocenters. The van der Waals surface area contributed by atoms with Crippen molar-refractivity contribution in [3.05, 3.63) is 0 Å². The zero-order valence-electron chi connectivity index (χ0n) is 1.76. The second-order valence-corrected chi connectivity index (χ2v) is 0.306. The average Bonchev–Trinajstić information content (AvgIpc) is 0.918. The Kier molecular flexibility index (Phi) is 22.7. The first-order valence-corrected chi connectivity index (χ1v) is 0.862. The fraction of sp³-hybridized carbons (Fsp3) is 0. The summed E-state index contributed by atoms with van der Waals surface area (Å²) in [5, 5.41) is 7.36. The first-order valence-electron chi connectivity index (χ1n) is 0.454. The van der Waals surface area contributed by atoms with Crippen LogP contribution in [0.15, 0.2) is 0 Å². The van der Waals surface area contributed by atoms with Gasteiger partial charge in [-0.15, -0.1) is 0 Å². The van der Waals surface area contributed by atoms with Crippen LogP contribution in [-0.4, -0.2) is 5.16 Å². The third-order valence-corrected chi connectivity index (χ3v) is 0. The van der Waals surface area contributed by atoms with Crippen molar-refractivity contribution in [2.24, 2.45) is 0 Å². The Bertz CT molecular complexity index is 29.0. The number of rotatable bonds is 0. The number of thiocarbonyl (C=S) groups is 1. The van der Waals surface area contributed by atoms with Gasteiger partial charge >= 0.3 is 0 Å². The molecular weight excluding hydrogens is 114 g/mol. The smallest absolute Gasteiger partial charge is 0.0554 e. The van der Waals surface area contributed by atoms with Crippen molar-refractivity contribution in [1.29, 1.82) is 5.41 Å². The molecule has 0 aromatic heterocycles. The minimum absolute atomic E-state index is 0. The third kappa shape index (κ3) is 39.6. The second kappa shape index (κ2) is 10.3. The molecule has 0 aliphatic carbocycles. The van der Waals surface area contributed by atoms with Gasteiger partial charge in [-0.05, 0) is 12.2 Å². The first-order chi connectivity index (χ1) is 1.41. The quantitative estimate of drug-likeness (QED) is 0.280. The zero-order chi connectivity index (χ0) is 2.71. The van der Waals surface area contributed by atoms with Gasteiger partial charge in [0, 0.05) is 17.1 Å². The molecule has 0 unspecified atom stereocenters. The Morgan fingerprint density at radius 2 is 1.75 bits per heavy atom. The van der Waals surface area contributed by atoms with E-state index in [1.54, 1.807) is 5.16 Å². The molecule has 1 N–H and O–H groups in total. The van der Waals surface area contributed by atoms with Crippen LogP contribution in [0.1, 0.15) is 0 Å². The summed E-state index contributed by atoms with van der Waals surface area (Å²) in [4.78, 5) is 0. The Labute approximate surface area is 40.4 Å². The second-order valence-electron chi connectivity index (χ2n) is 0.102. The van der Waals surface area contributed by atoms with Gasteiger partial charge in [0.15, 0.2) is 0 Å². The zero-order valence-corrected chi connectivity index (χ0v) is 3.68. The number of hydrogen-bond donors (Lipinski definition) is 1. The van der Waals surface area contributed by atoms with E-state index >= 15 is 0 Å². The molecule has 0 aliphatic heterocycles. The van der Waals surface area contributed by atoms with E-state index in [2.05, 4.69) is 12.2 Å². The minimum Gasteiger partial charge on any atom is -0.248 e. The van der Waals surface area contributed by atoms with E-state index < -0.39 is 0 Å². The topological polar surface area (TPSA) is 23.9 Å². The number of nitrogens with one attached hydrogen (secondary N) is 1. The monoisotopic (exact) mass is 115 g/mol. The van der Waals surface area contributed by atoms with Gasteiger partial charge in [0.25, 0.3) is 0 Å². The van der Waals surface area contributed by atoms with Gasteiger partial charge in [-0.3, -0.25) is 0 Å². The maximum Gasteiger partial charge on any atom is 0.0554 e. The van der Waals surface area contributed by atoms with Crippen molar-refractivity contribution in [1.82, 2.24) is 0 Å². The van der Waals surface area contributed by atoms with E-state index in [-0.39, 0.29) is 17.1 Å². The Morgan fingerprint density at radius 3 is 1.75 bits per heavy atom. The van der Waals surface area contributed by atoms with Crippen LogP contribution >= 0.6 is 12.2 Å². The summed E-state index contributed by atoms with van der Waals surface area (Å²) in [6.07, 6.45) is 0. The fourth-order valence-electron chi connectivity index (χ4n) is 0. The molecule has 0 aliphatic rings. The molecule has 0 aromatic carbocycles. The minimum atomic E-state index is 0. The number of isothiocyanates is 1. The molecule has 0 saturated heterocycles. The Hall–Kier alpha value is 0.319. The molecule has 0 radical (unpaired) electrons. The van der Waals surface area contributed by atoms with Gasteiger partial charge in [0.05, 0.1) is 5.16 Å². The van der Waals surface area contributed by atoms with Gasteiger partial charge in [0.2, 0.25) is 0 Å². The van der Waals surface area contributed by atoms with Gasteiger partial charge in [0.1, 0.15) is 0 Å². The maximum atomic E-state index is 5.77. The van der Waals surface area contributed by atoms with Crippen molar-refractivity contribution in [2.45, 2.75) is 0 Å². The molecule has 0 spiro atoms. The molecule has 1 nitrogen and oxygen atoms in total. The molecule has 4 heavy (non-hydrogen) atoms. The number of hydrogen-bond acceptors (Lipinski definition) is 2. The molecule has 3 heteroatoms. The summed E-state index contributed by atoms with van der Waals surface area (Å²) in [5.41, 5.74) is 0. The van der Waals surface area contributed by atoms with Crippen molar-refractivity contribution < 1.29 is 17.1 Å². The normalized spacial score (nSPS) is 2.00. The largest absolute Gasteiger partial charge is 0.248 e. The van der Waals surface area contributed by atoms with Crippen LogP contribution in [-0.2, 0) is 17.1 Å². The molecule has 0 bridgehead atoms. The predicted octanol–water partition coefficient (Wildman–Crippen LogP) is 0.665. The van der Waals surface area contributed by atoms with Crippen LogP contribution in [0.2, 0.25) is 0 Å². The van der Waals surface area contributed by atoms with E-state index in [1.165, 1.54) is 0 Å². The fourth-order valence-corrected chi connectivity index (χ4v) is 0. The molecular formula is CHFeNS. The predicted molar refractivity (Wildman–Crippen MR) is 15.3 cm³/mol. The summed E-state index contributed by atoms with van der Waals surface area (Å²) in [6.45, 7) is 0. The first kappa shape index (κ1) is 8.85. The summed E-state index contributed by atoms with van der Waals surface area (Å²) in [6, 6.07) is 0. The summed E-state index contributed by atoms with van der Waals surface area (Å²) in [7, 11) is 0. The molecule has 0 fully saturated rings. The molecule has 0 saturated carbocycles. The van der Waals surface area contributed by atoms with E-state index in [1.807, 2.05) is 0 Å². The third-order valence-electron chi connectivity index (χ3n) is 0. The van der Waals surface area contributed by atoms with E-state index in [0.29, 0.717) is 0 Å². The maximum absolute atomic E-state index is 5.77. The van der Waals surface area contributed by atoms with Crippen molar-refractivity contribution in [3.63, 3.8) is 0 Å². The summed E-state index contributed by atoms with van der Waals surface area (Å²) >= 11 is 3.81. The van der Waals surface area contributed by atoms with Crippen LogP contribution < -0.4 is 0 Å². The van der Waals surface area contributed by atoms with Crippen molar-refractivity contribution >= 4 is 17.4 Å². The molecule has 24 valence electrons. The van der Waals surface area contributed by atoms with E-state index in [4.69, 9.17) is 5.41 Å². The van der Waals surface area contributed by atoms with Crippen LogP contribution in [0.4, 0.5) is 0 Å². The SMILES string of the molecule is N=C=S.[Fe]. The Morgan fingerprint density at radius 1 is 1.75 bits per heavy atom. The van der Waals surface area contributed by atoms with Gasteiger partial charge < -0.3 is 0 Å². The van der Waals surface area contributed by atoms with E-state index in [0.717, 1.165) is 0 Å². The van der Waals surface area contributed by atoms with Crippen LogP contribution in [0.5, 0.6) is 0 Å². The molecule has 0 heterocycles. The van der Waals surface area contributed by atoms with Gasteiger partial charge in [-0.2, -0.15) is 0 Å².